The van der Waals surface area contributed by atoms with E-state index in [1.165, 1.54) is 33.4 Å². The van der Waals surface area contributed by atoms with Crippen LogP contribution in [0.15, 0.2) is 161 Å². The Bertz CT molecular complexity index is 2650. The van der Waals surface area contributed by atoms with E-state index in [-0.39, 0.29) is 12.0 Å². The van der Waals surface area contributed by atoms with Gasteiger partial charge in [0.15, 0.2) is 0 Å². The third kappa shape index (κ3) is 4.06. The fraction of sp³-hybridized carbons (Fsp3) is 0.104. The van der Waals surface area contributed by atoms with Crippen molar-refractivity contribution in [3.8, 4) is 22.6 Å². The SMILES string of the molecule is Cc1ccc2c3c(oc2c1)C(C1=NC(c2cccc4c2-c2ccccc2C42c4ccccc4Oc4ccccc42)=CC(c2ccccc2)N1)CC=C3. The van der Waals surface area contributed by atoms with Gasteiger partial charge in [-0.2, -0.15) is 0 Å². The van der Waals surface area contributed by atoms with Gasteiger partial charge in [-0.05, 0) is 71.0 Å². The lowest BCUT2D eigenvalue weighted by atomic mass is 9.66. The van der Waals surface area contributed by atoms with Gasteiger partial charge in [0.1, 0.15) is 28.7 Å². The largest absolute Gasteiger partial charge is 0.460 e. The zero-order valence-corrected chi connectivity index (χ0v) is 28.6. The van der Waals surface area contributed by atoms with Crippen LogP contribution in [0.2, 0.25) is 0 Å². The second-order valence-corrected chi connectivity index (χ2v) is 14.3. The Labute approximate surface area is 302 Å². The van der Waals surface area contributed by atoms with Gasteiger partial charge in [0.2, 0.25) is 0 Å². The number of furan rings is 1. The molecule has 0 radical (unpaired) electrons. The van der Waals surface area contributed by atoms with Gasteiger partial charge in [-0.3, -0.25) is 0 Å². The molecule has 0 saturated heterocycles. The Morgan fingerprint density at radius 1 is 0.692 bits per heavy atom. The first-order valence-corrected chi connectivity index (χ1v) is 18.1. The lowest BCUT2D eigenvalue weighted by molar-refractivity contribution is 0.436. The highest BCUT2D eigenvalue weighted by Gasteiger charge is 2.51. The Morgan fingerprint density at radius 2 is 1.38 bits per heavy atom. The first-order valence-electron chi connectivity index (χ1n) is 18.1. The van der Waals surface area contributed by atoms with E-state index in [1.54, 1.807) is 0 Å². The van der Waals surface area contributed by atoms with Crippen molar-refractivity contribution in [3.63, 3.8) is 0 Å². The van der Waals surface area contributed by atoms with Gasteiger partial charge in [0.25, 0.3) is 0 Å². The van der Waals surface area contributed by atoms with Crippen LogP contribution in [0.4, 0.5) is 0 Å². The molecule has 11 rings (SSSR count). The highest BCUT2D eigenvalue weighted by molar-refractivity contribution is 6.02. The third-order valence-corrected chi connectivity index (χ3v) is 11.4. The number of benzene rings is 6. The second kappa shape index (κ2) is 11.1. The Kier molecular flexibility index (Phi) is 6.24. The molecule has 3 heterocycles. The molecule has 2 unspecified atom stereocenters. The van der Waals surface area contributed by atoms with E-state index >= 15 is 0 Å². The monoisotopic (exact) mass is 670 g/mol. The molecular weight excluding hydrogens is 637 g/mol. The second-order valence-electron chi connectivity index (χ2n) is 14.3. The quantitative estimate of drug-likeness (QED) is 0.203. The van der Waals surface area contributed by atoms with Crippen LogP contribution in [0.3, 0.4) is 0 Å². The van der Waals surface area contributed by atoms with Crippen molar-refractivity contribution >= 4 is 28.6 Å². The number of hydrogen-bond acceptors (Lipinski definition) is 4. The molecule has 6 aromatic carbocycles. The summed E-state index contributed by atoms with van der Waals surface area (Å²) in [6.45, 7) is 2.11. The molecule has 4 aliphatic rings. The number of aryl methyl sites for hydroxylation is 1. The minimum atomic E-state index is -0.540. The summed E-state index contributed by atoms with van der Waals surface area (Å²) in [5.74, 6) is 3.63. The molecule has 0 fully saturated rings. The molecular formula is C48H34N2O2. The molecule has 4 nitrogen and oxygen atoms in total. The van der Waals surface area contributed by atoms with Gasteiger partial charge in [0.05, 0.1) is 23.1 Å². The van der Waals surface area contributed by atoms with Gasteiger partial charge in [-0.1, -0.05) is 133 Å². The Morgan fingerprint density at radius 3 is 2.19 bits per heavy atom. The summed E-state index contributed by atoms with van der Waals surface area (Å²) >= 11 is 0. The van der Waals surface area contributed by atoms with Crippen molar-refractivity contribution in [2.45, 2.75) is 30.7 Å². The van der Waals surface area contributed by atoms with E-state index in [4.69, 9.17) is 14.1 Å². The number of hydrogen-bond donors (Lipinski definition) is 1. The van der Waals surface area contributed by atoms with E-state index in [0.717, 1.165) is 68.4 Å². The predicted octanol–water partition coefficient (Wildman–Crippen LogP) is 11.5. The van der Waals surface area contributed by atoms with E-state index < -0.39 is 5.41 Å². The molecule has 0 bridgehead atoms. The van der Waals surface area contributed by atoms with Crippen LogP contribution in [0.25, 0.3) is 33.9 Å². The Hall–Kier alpha value is -6.39. The molecule has 2 aliphatic heterocycles. The fourth-order valence-electron chi connectivity index (χ4n) is 9.18. The number of ether oxygens (including phenoxy) is 1. The molecule has 0 saturated carbocycles. The summed E-state index contributed by atoms with van der Waals surface area (Å²) in [5, 5.41) is 5.02. The molecule has 248 valence electrons. The summed E-state index contributed by atoms with van der Waals surface area (Å²) in [6.07, 6.45) is 7.59. The zero-order valence-electron chi connectivity index (χ0n) is 28.6. The van der Waals surface area contributed by atoms with Crippen molar-refractivity contribution in [1.29, 1.82) is 0 Å². The predicted molar refractivity (Wildman–Crippen MR) is 209 cm³/mol. The minimum absolute atomic E-state index is 0.0488. The summed E-state index contributed by atoms with van der Waals surface area (Å²) in [7, 11) is 0. The number of amidine groups is 1. The normalized spacial score (nSPS) is 18.6. The average Bonchev–Trinajstić information content (AvgIpc) is 3.72. The standard InChI is InChI=1S/C48H34N2O2/c1-29-25-26-31-32-16-11-18-35(46(32)52-44(31)27-29)47-49-40(30-13-3-2-4-14-30)28-41(50-47)34-17-12-22-39-45(34)33-15-5-6-19-36(33)48(39)37-20-7-9-23-42(37)51-43-24-10-8-21-38(43)48/h2-17,19-28,35,40H,18H2,1H3,(H,49,50). The molecule has 7 aromatic rings. The summed E-state index contributed by atoms with van der Waals surface area (Å²) in [4.78, 5) is 5.56. The van der Waals surface area contributed by atoms with Gasteiger partial charge in [-0.25, -0.2) is 4.99 Å². The number of fused-ring (bicyclic) bond motifs is 12. The summed E-state index contributed by atoms with van der Waals surface area (Å²) < 4.78 is 13.3. The summed E-state index contributed by atoms with van der Waals surface area (Å²) in [6, 6.07) is 49.8. The van der Waals surface area contributed by atoms with Crippen molar-refractivity contribution < 1.29 is 9.15 Å². The third-order valence-electron chi connectivity index (χ3n) is 11.4. The van der Waals surface area contributed by atoms with E-state index in [0.29, 0.717) is 0 Å². The molecule has 2 atom stereocenters. The highest BCUT2D eigenvalue weighted by Crippen LogP contribution is 2.63. The zero-order chi connectivity index (χ0) is 34.4. The van der Waals surface area contributed by atoms with Crippen LogP contribution in [0.1, 0.15) is 68.6 Å². The first kappa shape index (κ1) is 29.4. The van der Waals surface area contributed by atoms with Crippen LogP contribution in [-0.2, 0) is 5.41 Å². The number of nitrogens with zero attached hydrogens (tertiary/aromatic N) is 1. The van der Waals surface area contributed by atoms with Crippen molar-refractivity contribution in [1.82, 2.24) is 5.32 Å². The van der Waals surface area contributed by atoms with Gasteiger partial charge in [-0.15, -0.1) is 0 Å². The van der Waals surface area contributed by atoms with Gasteiger partial charge < -0.3 is 14.5 Å². The number of nitrogens with one attached hydrogen (secondary N) is 1. The summed E-state index contributed by atoms with van der Waals surface area (Å²) in [5.41, 5.74) is 13.3. The van der Waals surface area contributed by atoms with Crippen molar-refractivity contribution in [3.05, 3.63) is 202 Å². The molecule has 1 spiro atoms. The Balaban J connectivity index is 1.15. The van der Waals surface area contributed by atoms with Gasteiger partial charge >= 0.3 is 0 Å². The lowest BCUT2D eigenvalue weighted by Crippen LogP contribution is -2.35. The smallest absolute Gasteiger partial charge is 0.135 e. The van der Waals surface area contributed by atoms with Crippen molar-refractivity contribution in [2.24, 2.45) is 4.99 Å². The molecule has 52 heavy (non-hydrogen) atoms. The van der Waals surface area contributed by atoms with Crippen LogP contribution >= 0.6 is 0 Å². The molecule has 1 aromatic heterocycles. The van der Waals surface area contributed by atoms with Crippen LogP contribution in [0.5, 0.6) is 11.5 Å². The van der Waals surface area contributed by atoms with E-state index in [2.05, 4.69) is 170 Å². The first-order chi connectivity index (χ1) is 25.7. The maximum Gasteiger partial charge on any atom is 0.135 e. The van der Waals surface area contributed by atoms with E-state index in [1.807, 2.05) is 0 Å². The van der Waals surface area contributed by atoms with Crippen LogP contribution < -0.4 is 10.1 Å². The number of allylic oxidation sites excluding steroid dienone is 1. The highest BCUT2D eigenvalue weighted by atomic mass is 16.5. The maximum atomic E-state index is 6.68. The average molecular weight is 671 g/mol. The molecule has 2 aliphatic carbocycles. The lowest BCUT2D eigenvalue weighted by Gasteiger charge is -2.39. The van der Waals surface area contributed by atoms with Crippen LogP contribution in [0, 0.1) is 6.92 Å². The maximum absolute atomic E-state index is 6.68. The molecule has 4 heteroatoms. The van der Waals surface area contributed by atoms with Crippen LogP contribution in [-0.4, -0.2) is 5.84 Å². The molecule has 1 N–H and O–H groups in total. The van der Waals surface area contributed by atoms with E-state index in [9.17, 15) is 0 Å². The number of aliphatic imine (C=N–C) groups is 1. The minimum Gasteiger partial charge on any atom is -0.460 e. The van der Waals surface area contributed by atoms with Crippen molar-refractivity contribution in [2.75, 3.05) is 0 Å². The fourth-order valence-corrected chi connectivity index (χ4v) is 9.18. The van der Waals surface area contributed by atoms with Gasteiger partial charge in [0, 0.05) is 27.6 Å². The molecule has 0 amide bonds. The topological polar surface area (TPSA) is 46.8 Å². The number of para-hydroxylation sites is 2. The number of rotatable bonds is 3.